The molecule has 6 heteroatoms. The minimum atomic E-state index is 0.0588. The largest absolute Gasteiger partial charge is 0.302 e. The second-order valence-electron chi connectivity index (χ2n) is 5.66. The highest BCUT2D eigenvalue weighted by atomic mass is 79.9. The molecule has 1 aromatic heterocycles. The first-order valence-corrected chi connectivity index (χ1v) is 7.63. The van der Waals surface area contributed by atoms with Crippen molar-refractivity contribution < 1.29 is 0 Å². The number of hydrogen-bond donors (Lipinski definition) is 2. The first-order valence-electron chi connectivity index (χ1n) is 6.84. The predicted octanol–water partition coefficient (Wildman–Crippen LogP) is 1.95. The molecule has 1 unspecified atom stereocenters. The SMILES string of the molecule is CN(C)C1(C(NN)c2c(Br)cnn2C)CCCCC1. The van der Waals surface area contributed by atoms with Crippen molar-refractivity contribution in [1.29, 1.82) is 0 Å². The third-order valence-corrected chi connectivity index (χ3v) is 5.14. The van der Waals surface area contributed by atoms with Crippen LogP contribution in [0.2, 0.25) is 0 Å². The lowest BCUT2D eigenvalue weighted by atomic mass is 9.74. The maximum atomic E-state index is 5.92. The average Bonchev–Trinajstić information content (AvgIpc) is 2.72. The van der Waals surface area contributed by atoms with Crippen LogP contribution in [0.1, 0.15) is 43.8 Å². The first-order chi connectivity index (χ1) is 9.03. The molecule has 2 rings (SSSR count). The number of hydrogen-bond acceptors (Lipinski definition) is 4. The summed E-state index contributed by atoms with van der Waals surface area (Å²) in [5.41, 5.74) is 4.23. The Kier molecular flexibility index (Phi) is 4.66. The number of hydrazine groups is 1. The highest BCUT2D eigenvalue weighted by Crippen LogP contribution is 2.43. The molecular weight excluding hydrogens is 306 g/mol. The summed E-state index contributed by atoms with van der Waals surface area (Å²) >= 11 is 3.60. The Morgan fingerprint density at radius 3 is 2.47 bits per heavy atom. The quantitative estimate of drug-likeness (QED) is 0.654. The second-order valence-corrected chi connectivity index (χ2v) is 6.51. The smallest absolute Gasteiger partial charge is 0.0823 e. The van der Waals surface area contributed by atoms with Crippen molar-refractivity contribution in [2.75, 3.05) is 14.1 Å². The second kappa shape index (κ2) is 5.91. The van der Waals surface area contributed by atoms with E-state index in [0.717, 1.165) is 23.0 Å². The van der Waals surface area contributed by atoms with E-state index < -0.39 is 0 Å². The summed E-state index contributed by atoms with van der Waals surface area (Å²) in [7, 11) is 6.27. The maximum Gasteiger partial charge on any atom is 0.0823 e. The van der Waals surface area contributed by atoms with E-state index in [2.05, 4.69) is 45.4 Å². The molecule has 1 aliphatic carbocycles. The van der Waals surface area contributed by atoms with E-state index in [1.807, 2.05) is 17.9 Å². The van der Waals surface area contributed by atoms with E-state index in [0.29, 0.717) is 0 Å². The van der Waals surface area contributed by atoms with Crippen LogP contribution in [0.15, 0.2) is 10.7 Å². The number of likely N-dealkylation sites (N-methyl/N-ethyl adjacent to an activating group) is 1. The average molecular weight is 330 g/mol. The predicted molar refractivity (Wildman–Crippen MR) is 80.5 cm³/mol. The van der Waals surface area contributed by atoms with Crippen molar-refractivity contribution >= 4 is 15.9 Å². The zero-order chi connectivity index (χ0) is 14.0. The van der Waals surface area contributed by atoms with E-state index >= 15 is 0 Å². The van der Waals surface area contributed by atoms with Gasteiger partial charge in [0.25, 0.3) is 0 Å². The van der Waals surface area contributed by atoms with E-state index in [1.54, 1.807) is 0 Å². The minimum Gasteiger partial charge on any atom is -0.302 e. The van der Waals surface area contributed by atoms with E-state index in [1.165, 1.54) is 19.3 Å². The summed E-state index contributed by atoms with van der Waals surface area (Å²) in [5, 5.41) is 4.33. The van der Waals surface area contributed by atoms with Crippen molar-refractivity contribution in [2.24, 2.45) is 12.9 Å². The molecule has 1 heterocycles. The zero-order valence-electron chi connectivity index (χ0n) is 12.0. The topological polar surface area (TPSA) is 59.1 Å². The van der Waals surface area contributed by atoms with Crippen LogP contribution in [0.3, 0.4) is 0 Å². The molecule has 1 saturated carbocycles. The molecule has 1 atom stereocenters. The monoisotopic (exact) mass is 329 g/mol. The molecular formula is C13H24BrN5. The van der Waals surface area contributed by atoms with Gasteiger partial charge in [0.15, 0.2) is 0 Å². The van der Waals surface area contributed by atoms with Crippen LogP contribution in [0.25, 0.3) is 0 Å². The van der Waals surface area contributed by atoms with Gasteiger partial charge in [0, 0.05) is 12.6 Å². The number of nitrogens with one attached hydrogen (secondary N) is 1. The van der Waals surface area contributed by atoms with Crippen LogP contribution in [0.5, 0.6) is 0 Å². The van der Waals surface area contributed by atoms with Crippen molar-refractivity contribution in [3.8, 4) is 0 Å². The van der Waals surface area contributed by atoms with Gasteiger partial charge >= 0.3 is 0 Å². The van der Waals surface area contributed by atoms with Gasteiger partial charge < -0.3 is 4.90 Å². The van der Waals surface area contributed by atoms with Gasteiger partial charge in [-0.3, -0.25) is 10.5 Å². The Morgan fingerprint density at radius 2 is 2.05 bits per heavy atom. The molecule has 0 bridgehead atoms. The van der Waals surface area contributed by atoms with Gasteiger partial charge in [-0.15, -0.1) is 0 Å². The highest BCUT2D eigenvalue weighted by Gasteiger charge is 2.44. The minimum absolute atomic E-state index is 0.0588. The summed E-state index contributed by atoms with van der Waals surface area (Å²) < 4.78 is 2.93. The van der Waals surface area contributed by atoms with E-state index in [-0.39, 0.29) is 11.6 Å². The van der Waals surface area contributed by atoms with Gasteiger partial charge in [0.1, 0.15) is 0 Å². The Morgan fingerprint density at radius 1 is 1.42 bits per heavy atom. The molecule has 1 fully saturated rings. The van der Waals surface area contributed by atoms with Gasteiger partial charge in [-0.2, -0.15) is 5.10 Å². The fraction of sp³-hybridized carbons (Fsp3) is 0.769. The van der Waals surface area contributed by atoms with Gasteiger partial charge in [0.05, 0.1) is 22.4 Å². The number of halogens is 1. The molecule has 1 aromatic rings. The summed E-state index contributed by atoms with van der Waals surface area (Å²) in [6.07, 6.45) is 7.99. The van der Waals surface area contributed by atoms with Crippen LogP contribution in [0, 0.1) is 0 Å². The third-order valence-electron chi connectivity index (χ3n) is 4.53. The molecule has 0 aliphatic heterocycles. The van der Waals surface area contributed by atoms with Crippen molar-refractivity contribution in [2.45, 2.75) is 43.7 Å². The number of nitrogens with two attached hydrogens (primary N) is 1. The van der Waals surface area contributed by atoms with Gasteiger partial charge in [-0.05, 0) is 42.9 Å². The van der Waals surface area contributed by atoms with Crippen LogP contribution in [-0.4, -0.2) is 34.3 Å². The van der Waals surface area contributed by atoms with Gasteiger partial charge in [0.2, 0.25) is 0 Å². The number of aryl methyl sites for hydroxylation is 1. The molecule has 0 saturated heterocycles. The number of aromatic nitrogens is 2. The molecule has 1 aliphatic rings. The zero-order valence-corrected chi connectivity index (χ0v) is 13.6. The molecule has 0 amide bonds. The summed E-state index contributed by atoms with van der Waals surface area (Å²) in [4.78, 5) is 2.33. The molecule has 19 heavy (non-hydrogen) atoms. The molecule has 108 valence electrons. The molecule has 0 radical (unpaired) electrons. The van der Waals surface area contributed by atoms with Crippen molar-refractivity contribution in [1.82, 2.24) is 20.1 Å². The lowest BCUT2D eigenvalue weighted by Gasteiger charge is -2.48. The number of rotatable bonds is 4. The van der Waals surface area contributed by atoms with Crippen molar-refractivity contribution in [3.05, 3.63) is 16.4 Å². The van der Waals surface area contributed by atoms with E-state index in [9.17, 15) is 0 Å². The van der Waals surface area contributed by atoms with Crippen LogP contribution in [0.4, 0.5) is 0 Å². The lowest BCUT2D eigenvalue weighted by molar-refractivity contribution is 0.0531. The summed E-state index contributed by atoms with van der Waals surface area (Å²) in [6, 6.07) is 0.0738. The highest BCUT2D eigenvalue weighted by molar-refractivity contribution is 9.10. The summed E-state index contributed by atoms with van der Waals surface area (Å²) in [5.74, 6) is 5.92. The fourth-order valence-corrected chi connectivity index (χ4v) is 3.97. The van der Waals surface area contributed by atoms with Crippen LogP contribution in [-0.2, 0) is 7.05 Å². The van der Waals surface area contributed by atoms with E-state index in [4.69, 9.17) is 5.84 Å². The lowest BCUT2D eigenvalue weighted by Crippen LogP contribution is -2.56. The standard InChI is InChI=1S/C13H24BrN5/c1-18(2)13(7-5-4-6-8-13)12(17-15)11-10(14)9-16-19(11)3/h9,12,17H,4-8,15H2,1-3H3. The number of nitrogens with zero attached hydrogens (tertiary/aromatic N) is 3. The maximum absolute atomic E-state index is 5.92. The summed E-state index contributed by atoms with van der Waals surface area (Å²) in [6.45, 7) is 0. The normalized spacial score (nSPS) is 20.7. The van der Waals surface area contributed by atoms with Crippen LogP contribution >= 0.6 is 15.9 Å². The molecule has 3 N–H and O–H groups in total. The Hall–Kier alpha value is -0.430. The molecule has 0 aromatic carbocycles. The van der Waals surface area contributed by atoms with Gasteiger partial charge in [-0.25, -0.2) is 5.43 Å². The van der Waals surface area contributed by atoms with Crippen molar-refractivity contribution in [3.63, 3.8) is 0 Å². The molecule has 5 nitrogen and oxygen atoms in total. The Labute approximate surface area is 123 Å². The molecule has 0 spiro atoms. The first kappa shape index (κ1) is 15.0. The fourth-order valence-electron chi connectivity index (χ4n) is 3.39. The van der Waals surface area contributed by atoms with Gasteiger partial charge in [-0.1, -0.05) is 19.3 Å². The third kappa shape index (κ3) is 2.59. The Bertz CT molecular complexity index is 403. The Balaban J connectivity index is 2.43. The van der Waals surface area contributed by atoms with Crippen LogP contribution < -0.4 is 11.3 Å².